The third kappa shape index (κ3) is 3.45. The van der Waals surface area contributed by atoms with Gasteiger partial charge in [-0.25, -0.2) is 13.2 Å². The Morgan fingerprint density at radius 2 is 1.76 bits per heavy atom. The largest absolute Gasteiger partial charge is 0.369 e. The van der Waals surface area contributed by atoms with Crippen LogP contribution in [0.1, 0.15) is 36.6 Å². The fourth-order valence-electron chi connectivity index (χ4n) is 4.25. The number of anilines is 1. The van der Waals surface area contributed by atoms with Crippen molar-refractivity contribution in [3.8, 4) is 0 Å². The summed E-state index contributed by atoms with van der Waals surface area (Å²) in [4.78, 5) is 2.02. The molecule has 1 saturated heterocycles. The molecule has 0 N–H and O–H groups in total. The molecule has 3 aromatic rings. The molecule has 2 fully saturated rings. The Hall–Kier alpha value is -2.28. The van der Waals surface area contributed by atoms with Crippen LogP contribution in [0.2, 0.25) is 5.02 Å². The average Bonchev–Trinajstić information content (AvgIpc) is 3.11. The minimum atomic E-state index is -2.63. The molecule has 0 amide bonds. The number of fused-ring (bicyclic) bond motifs is 1. The summed E-state index contributed by atoms with van der Waals surface area (Å²) in [5, 5.41) is 8.61. The van der Waals surface area contributed by atoms with Crippen LogP contribution >= 0.6 is 11.6 Å². The van der Waals surface area contributed by atoms with Gasteiger partial charge in [0, 0.05) is 43.1 Å². The number of hydrogen-bond donors (Lipinski definition) is 0. The number of aromatic nitrogens is 3. The summed E-state index contributed by atoms with van der Waals surface area (Å²) in [6.45, 7) is 1.46. The molecule has 1 atom stereocenters. The second-order valence-corrected chi connectivity index (χ2v) is 8.44. The molecule has 2 aromatic heterocycles. The predicted octanol–water partition coefficient (Wildman–Crippen LogP) is 5.10. The number of pyridine rings is 1. The topological polar surface area (TPSA) is 33.4 Å². The van der Waals surface area contributed by atoms with Gasteiger partial charge >= 0.3 is 0 Å². The first kappa shape index (κ1) is 18.7. The molecule has 1 saturated carbocycles. The summed E-state index contributed by atoms with van der Waals surface area (Å²) >= 11 is 5.97. The first-order chi connectivity index (χ1) is 13.9. The summed E-state index contributed by atoms with van der Waals surface area (Å²) < 4.78 is 43.0. The molecule has 2 aliphatic rings. The second-order valence-electron chi connectivity index (χ2n) is 8.00. The van der Waals surface area contributed by atoms with Crippen LogP contribution < -0.4 is 4.90 Å². The van der Waals surface area contributed by atoms with E-state index in [4.69, 9.17) is 11.6 Å². The summed E-state index contributed by atoms with van der Waals surface area (Å²) in [7, 11) is 0. The van der Waals surface area contributed by atoms with Crippen LogP contribution in [0.4, 0.5) is 18.9 Å². The third-order valence-electron chi connectivity index (χ3n) is 6.13. The molecule has 29 heavy (non-hydrogen) atoms. The minimum absolute atomic E-state index is 0.0984. The van der Waals surface area contributed by atoms with Gasteiger partial charge in [0.1, 0.15) is 5.82 Å². The van der Waals surface area contributed by atoms with Crippen molar-refractivity contribution in [1.82, 2.24) is 14.6 Å². The van der Waals surface area contributed by atoms with Crippen molar-refractivity contribution in [2.75, 3.05) is 18.0 Å². The Labute approximate surface area is 171 Å². The number of hydrogen-bond acceptors (Lipinski definition) is 3. The summed E-state index contributed by atoms with van der Waals surface area (Å²) in [5.41, 5.74) is 1.84. The molecular formula is C21H20ClF3N4. The molecule has 8 heteroatoms. The van der Waals surface area contributed by atoms with E-state index in [1.807, 2.05) is 17.0 Å². The Balaban J connectivity index is 1.32. The Morgan fingerprint density at radius 3 is 2.41 bits per heavy atom. The molecule has 0 bridgehead atoms. The van der Waals surface area contributed by atoms with E-state index in [2.05, 4.69) is 22.3 Å². The highest BCUT2D eigenvalue weighted by atomic mass is 35.5. The maximum atomic E-state index is 15.1. The molecule has 3 heterocycles. The molecule has 1 aliphatic heterocycles. The first-order valence-electron chi connectivity index (χ1n) is 9.83. The van der Waals surface area contributed by atoms with Gasteiger partial charge < -0.3 is 4.90 Å². The van der Waals surface area contributed by atoms with Crippen LogP contribution in [0.3, 0.4) is 0 Å². The van der Waals surface area contributed by atoms with Gasteiger partial charge in [0.05, 0.1) is 5.69 Å². The molecule has 1 unspecified atom stereocenters. The molecule has 152 valence electrons. The van der Waals surface area contributed by atoms with Gasteiger partial charge in [-0.3, -0.25) is 4.40 Å². The van der Waals surface area contributed by atoms with E-state index in [1.165, 1.54) is 9.96 Å². The van der Waals surface area contributed by atoms with E-state index in [1.54, 1.807) is 12.3 Å². The molecule has 4 nitrogen and oxygen atoms in total. The van der Waals surface area contributed by atoms with Crippen molar-refractivity contribution in [3.05, 3.63) is 58.8 Å². The van der Waals surface area contributed by atoms with E-state index >= 15 is 4.39 Å². The lowest BCUT2D eigenvalue weighted by molar-refractivity contribution is 0.0984. The van der Waals surface area contributed by atoms with Crippen LogP contribution in [0.25, 0.3) is 5.65 Å². The molecular weight excluding hydrogens is 401 g/mol. The lowest BCUT2D eigenvalue weighted by Gasteiger charge is -2.34. The number of piperidine rings is 1. The van der Waals surface area contributed by atoms with Gasteiger partial charge in [-0.05, 0) is 42.5 Å². The molecule has 1 aliphatic carbocycles. The standard InChI is InChI=1S/C21H20ClF3N4/c22-16-3-1-13(2-4-16)14-5-8-28(9-6-14)17-7-10-29-18(11-15-12-21(15,24)25)26-27-20(29)19(17)23/h1-4,7,10,14-15H,5-6,8-9,11-12H2. The van der Waals surface area contributed by atoms with Gasteiger partial charge in [-0.2, -0.15) is 0 Å². The van der Waals surface area contributed by atoms with Crippen molar-refractivity contribution in [1.29, 1.82) is 0 Å². The maximum Gasteiger partial charge on any atom is 0.252 e. The van der Waals surface area contributed by atoms with E-state index in [-0.39, 0.29) is 18.5 Å². The predicted molar refractivity (Wildman–Crippen MR) is 105 cm³/mol. The molecule has 1 aromatic carbocycles. The van der Waals surface area contributed by atoms with Crippen LogP contribution in [0.5, 0.6) is 0 Å². The van der Waals surface area contributed by atoms with Crippen molar-refractivity contribution < 1.29 is 13.2 Å². The van der Waals surface area contributed by atoms with Crippen molar-refractivity contribution in [2.24, 2.45) is 5.92 Å². The number of alkyl halides is 2. The SMILES string of the molecule is Fc1c(N2CCC(c3ccc(Cl)cc3)CC2)ccn2c(CC3CC3(F)F)nnc12. The lowest BCUT2D eigenvalue weighted by atomic mass is 9.89. The van der Waals surface area contributed by atoms with Crippen LogP contribution in [-0.2, 0) is 6.42 Å². The third-order valence-corrected chi connectivity index (χ3v) is 6.38. The zero-order valence-corrected chi connectivity index (χ0v) is 16.4. The average molecular weight is 421 g/mol. The van der Waals surface area contributed by atoms with Crippen LogP contribution in [0, 0.1) is 11.7 Å². The Bertz CT molecular complexity index is 1040. The van der Waals surface area contributed by atoms with E-state index in [0.717, 1.165) is 31.0 Å². The smallest absolute Gasteiger partial charge is 0.252 e. The highest BCUT2D eigenvalue weighted by molar-refractivity contribution is 6.30. The molecule has 0 radical (unpaired) electrons. The highest BCUT2D eigenvalue weighted by Gasteiger charge is 2.56. The normalized spacial score (nSPS) is 21.7. The first-order valence-corrected chi connectivity index (χ1v) is 10.2. The zero-order chi connectivity index (χ0) is 20.2. The quantitative estimate of drug-likeness (QED) is 0.588. The summed E-state index contributed by atoms with van der Waals surface area (Å²) in [5.74, 6) is -2.98. The molecule has 5 rings (SSSR count). The maximum absolute atomic E-state index is 15.1. The zero-order valence-electron chi connectivity index (χ0n) is 15.7. The Morgan fingerprint density at radius 1 is 1.07 bits per heavy atom. The summed E-state index contributed by atoms with van der Waals surface area (Å²) in [6, 6.07) is 9.60. The fourth-order valence-corrected chi connectivity index (χ4v) is 4.37. The Kier molecular flexibility index (Phi) is 4.46. The number of benzene rings is 1. The van der Waals surface area contributed by atoms with Gasteiger partial charge in [-0.1, -0.05) is 23.7 Å². The summed E-state index contributed by atoms with van der Waals surface area (Å²) in [6.07, 6.45) is 3.50. The number of halogens is 4. The van der Waals surface area contributed by atoms with E-state index < -0.39 is 17.7 Å². The van der Waals surface area contributed by atoms with Gasteiger partial charge in [-0.15, -0.1) is 10.2 Å². The van der Waals surface area contributed by atoms with Crippen LogP contribution in [0.15, 0.2) is 36.5 Å². The van der Waals surface area contributed by atoms with Crippen molar-refractivity contribution in [3.63, 3.8) is 0 Å². The minimum Gasteiger partial charge on any atom is -0.369 e. The van der Waals surface area contributed by atoms with Crippen molar-refractivity contribution >= 4 is 22.9 Å². The lowest BCUT2D eigenvalue weighted by Crippen LogP contribution is -2.33. The van der Waals surface area contributed by atoms with Gasteiger partial charge in [0.15, 0.2) is 11.5 Å². The van der Waals surface area contributed by atoms with Crippen LogP contribution in [-0.4, -0.2) is 33.6 Å². The molecule has 0 spiro atoms. The van der Waals surface area contributed by atoms with Gasteiger partial charge in [0.2, 0.25) is 0 Å². The van der Waals surface area contributed by atoms with E-state index in [9.17, 15) is 8.78 Å². The fraction of sp³-hybridized carbons (Fsp3) is 0.429. The number of nitrogens with zero attached hydrogens (tertiary/aromatic N) is 4. The number of rotatable bonds is 4. The highest BCUT2D eigenvalue weighted by Crippen LogP contribution is 2.50. The second kappa shape index (κ2) is 6.90. The van der Waals surface area contributed by atoms with E-state index in [0.29, 0.717) is 17.4 Å². The van der Waals surface area contributed by atoms with Crippen molar-refractivity contribution in [2.45, 2.75) is 37.5 Å². The monoisotopic (exact) mass is 420 g/mol. The van der Waals surface area contributed by atoms with Gasteiger partial charge in [0.25, 0.3) is 5.92 Å².